The van der Waals surface area contributed by atoms with Crippen LogP contribution in [0.4, 0.5) is 13.2 Å². The van der Waals surface area contributed by atoms with Crippen molar-refractivity contribution in [3.8, 4) is 0 Å². The van der Waals surface area contributed by atoms with Crippen molar-refractivity contribution < 1.29 is 17.9 Å². The van der Waals surface area contributed by atoms with Gasteiger partial charge in [-0.2, -0.15) is 0 Å². The Bertz CT molecular complexity index is 443. The monoisotopic (exact) mass is 304 g/mol. The van der Waals surface area contributed by atoms with Crippen LogP contribution in [0.15, 0.2) is 12.4 Å². The number of ether oxygens (including phenoxy) is 1. The van der Waals surface area contributed by atoms with Gasteiger partial charge in [0.05, 0.1) is 6.61 Å². The molecule has 0 amide bonds. The number of fused-ring (bicyclic) bond motifs is 1. The van der Waals surface area contributed by atoms with Gasteiger partial charge in [0, 0.05) is 25.0 Å². The first-order valence-electron chi connectivity index (χ1n) is 7.62. The summed E-state index contributed by atoms with van der Waals surface area (Å²) in [5, 5.41) is 3.54. The van der Waals surface area contributed by atoms with E-state index in [0.29, 0.717) is 6.04 Å². The zero-order chi connectivity index (χ0) is 15.3. The molecule has 6 heteroatoms. The number of hydrogen-bond donors (Lipinski definition) is 1. The number of aryl methyl sites for hydroxylation is 1. The number of rotatable bonds is 6. The van der Waals surface area contributed by atoms with Crippen molar-refractivity contribution in [1.82, 2.24) is 9.88 Å². The van der Waals surface area contributed by atoms with Crippen molar-refractivity contribution in [1.29, 1.82) is 0 Å². The van der Waals surface area contributed by atoms with E-state index >= 15 is 0 Å². The summed E-state index contributed by atoms with van der Waals surface area (Å²) in [6, 6.07) is 0.326. The fourth-order valence-corrected chi connectivity index (χ4v) is 2.84. The molecule has 1 N–H and O–H groups in total. The predicted octanol–water partition coefficient (Wildman–Crippen LogP) is 3.79. The van der Waals surface area contributed by atoms with E-state index in [2.05, 4.69) is 17.0 Å². The lowest BCUT2D eigenvalue weighted by atomic mass is 10.0. The smallest absolute Gasteiger partial charge is 0.351 e. The maximum atomic E-state index is 12.0. The van der Waals surface area contributed by atoms with E-state index in [1.807, 2.05) is 17.0 Å². The van der Waals surface area contributed by atoms with E-state index in [0.717, 1.165) is 32.2 Å². The molecule has 1 aromatic heterocycles. The molecule has 1 aliphatic rings. The predicted molar refractivity (Wildman–Crippen MR) is 75.0 cm³/mol. The molecule has 2 rings (SSSR count). The summed E-state index contributed by atoms with van der Waals surface area (Å²) in [6.07, 6.45) is 4.91. The minimum Gasteiger partial charge on any atom is -0.351 e. The highest BCUT2D eigenvalue weighted by molar-refractivity contribution is 5.29. The van der Waals surface area contributed by atoms with E-state index in [1.165, 1.54) is 17.5 Å². The van der Waals surface area contributed by atoms with Crippen LogP contribution in [0.5, 0.6) is 0 Å². The molecule has 0 aliphatic heterocycles. The number of nitrogens with one attached hydrogen (secondary N) is 1. The SMILES string of the molecule is CCCNC1CCCCc2cn(CCOC(F)(F)F)cc21. The Labute approximate surface area is 123 Å². The molecule has 3 nitrogen and oxygen atoms in total. The van der Waals surface area contributed by atoms with Gasteiger partial charge in [-0.3, -0.25) is 4.74 Å². The van der Waals surface area contributed by atoms with Crippen LogP contribution >= 0.6 is 0 Å². The summed E-state index contributed by atoms with van der Waals surface area (Å²) in [6.45, 7) is 2.98. The lowest BCUT2D eigenvalue weighted by Crippen LogP contribution is -2.22. The number of alkyl halides is 3. The molecular weight excluding hydrogens is 281 g/mol. The van der Waals surface area contributed by atoms with Gasteiger partial charge in [-0.05, 0) is 43.4 Å². The number of halogens is 3. The summed E-state index contributed by atoms with van der Waals surface area (Å²) in [4.78, 5) is 0. The van der Waals surface area contributed by atoms with Gasteiger partial charge in [0.2, 0.25) is 0 Å². The van der Waals surface area contributed by atoms with Crippen LogP contribution in [0, 0.1) is 0 Å². The molecule has 21 heavy (non-hydrogen) atoms. The fraction of sp³-hybridized carbons (Fsp3) is 0.733. The Hall–Kier alpha value is -1.01. The normalized spacial score (nSPS) is 19.3. The number of nitrogens with zero attached hydrogens (tertiary/aromatic N) is 1. The second-order valence-electron chi connectivity index (χ2n) is 5.52. The summed E-state index contributed by atoms with van der Waals surface area (Å²) in [5.74, 6) is 0. The van der Waals surface area contributed by atoms with Crippen LogP contribution in [0.1, 0.15) is 49.8 Å². The zero-order valence-electron chi connectivity index (χ0n) is 12.4. The van der Waals surface area contributed by atoms with Gasteiger partial charge in [0.25, 0.3) is 0 Å². The third-order valence-electron chi connectivity index (χ3n) is 3.82. The molecule has 1 aromatic rings. The third kappa shape index (κ3) is 5.04. The van der Waals surface area contributed by atoms with Gasteiger partial charge in [-0.25, -0.2) is 0 Å². The third-order valence-corrected chi connectivity index (χ3v) is 3.82. The average molecular weight is 304 g/mol. The summed E-state index contributed by atoms with van der Waals surface area (Å²) in [7, 11) is 0. The van der Waals surface area contributed by atoms with E-state index < -0.39 is 6.36 Å². The van der Waals surface area contributed by atoms with E-state index in [9.17, 15) is 13.2 Å². The van der Waals surface area contributed by atoms with Crippen LogP contribution in [0.2, 0.25) is 0 Å². The highest BCUT2D eigenvalue weighted by Crippen LogP contribution is 2.29. The first-order valence-corrected chi connectivity index (χ1v) is 7.62. The molecule has 0 radical (unpaired) electrons. The molecule has 0 fully saturated rings. The average Bonchev–Trinajstić information content (AvgIpc) is 2.71. The molecule has 1 heterocycles. The van der Waals surface area contributed by atoms with E-state index in [-0.39, 0.29) is 13.2 Å². The highest BCUT2D eigenvalue weighted by atomic mass is 19.4. The minimum absolute atomic E-state index is 0.229. The molecule has 0 saturated carbocycles. The molecule has 0 spiro atoms. The van der Waals surface area contributed by atoms with Crippen molar-refractivity contribution >= 4 is 0 Å². The summed E-state index contributed by atoms with van der Waals surface area (Å²) in [5.41, 5.74) is 2.50. The van der Waals surface area contributed by atoms with Crippen LogP contribution < -0.4 is 5.32 Å². The van der Waals surface area contributed by atoms with Crippen LogP contribution in [0.25, 0.3) is 0 Å². The minimum atomic E-state index is -4.55. The molecule has 1 unspecified atom stereocenters. The Morgan fingerprint density at radius 3 is 2.86 bits per heavy atom. The van der Waals surface area contributed by atoms with Gasteiger partial charge in [-0.15, -0.1) is 13.2 Å². The summed E-state index contributed by atoms with van der Waals surface area (Å²) < 4.78 is 41.7. The molecular formula is C15H23F3N2O. The maximum absolute atomic E-state index is 12.0. The standard InChI is InChI=1S/C15H23F3N2O/c1-2-7-19-14-6-4-3-5-12-10-20(11-13(12)14)8-9-21-15(16,17)18/h10-11,14,19H,2-9H2,1H3. The van der Waals surface area contributed by atoms with Crippen LogP contribution in [0.3, 0.4) is 0 Å². The largest absolute Gasteiger partial charge is 0.522 e. The van der Waals surface area contributed by atoms with Gasteiger partial charge in [0.15, 0.2) is 0 Å². The Morgan fingerprint density at radius 1 is 1.33 bits per heavy atom. The highest BCUT2D eigenvalue weighted by Gasteiger charge is 2.28. The second-order valence-corrected chi connectivity index (χ2v) is 5.52. The Balaban J connectivity index is 1.99. The molecule has 1 aliphatic carbocycles. The molecule has 0 aromatic carbocycles. The zero-order valence-corrected chi connectivity index (χ0v) is 12.4. The number of aromatic nitrogens is 1. The Kier molecular flexibility index (Phi) is 5.70. The fourth-order valence-electron chi connectivity index (χ4n) is 2.84. The molecule has 0 bridgehead atoms. The van der Waals surface area contributed by atoms with Crippen molar-refractivity contribution in [2.45, 2.75) is 58.0 Å². The molecule has 1 atom stereocenters. The lowest BCUT2D eigenvalue weighted by Gasteiger charge is -2.16. The molecule has 0 saturated heterocycles. The van der Waals surface area contributed by atoms with Gasteiger partial charge >= 0.3 is 6.36 Å². The van der Waals surface area contributed by atoms with Gasteiger partial charge < -0.3 is 9.88 Å². The first-order chi connectivity index (χ1) is 9.99. The van der Waals surface area contributed by atoms with Crippen molar-refractivity contribution in [2.24, 2.45) is 0 Å². The van der Waals surface area contributed by atoms with Gasteiger partial charge in [0.1, 0.15) is 0 Å². The van der Waals surface area contributed by atoms with Crippen LogP contribution in [-0.2, 0) is 17.7 Å². The van der Waals surface area contributed by atoms with E-state index in [4.69, 9.17) is 0 Å². The quantitative estimate of drug-likeness (QED) is 0.809. The Morgan fingerprint density at radius 2 is 2.14 bits per heavy atom. The number of hydrogen-bond acceptors (Lipinski definition) is 2. The van der Waals surface area contributed by atoms with Gasteiger partial charge in [-0.1, -0.05) is 13.3 Å². The lowest BCUT2D eigenvalue weighted by molar-refractivity contribution is -0.325. The van der Waals surface area contributed by atoms with Crippen molar-refractivity contribution in [2.75, 3.05) is 13.2 Å². The second kappa shape index (κ2) is 7.31. The maximum Gasteiger partial charge on any atom is 0.522 e. The van der Waals surface area contributed by atoms with Crippen LogP contribution in [-0.4, -0.2) is 24.1 Å². The van der Waals surface area contributed by atoms with Crippen molar-refractivity contribution in [3.63, 3.8) is 0 Å². The molecule has 120 valence electrons. The first kappa shape index (κ1) is 16.4. The summed E-state index contributed by atoms with van der Waals surface area (Å²) >= 11 is 0. The topological polar surface area (TPSA) is 26.2 Å². The van der Waals surface area contributed by atoms with Crippen molar-refractivity contribution in [3.05, 3.63) is 23.5 Å². The van der Waals surface area contributed by atoms with E-state index in [1.54, 1.807) is 0 Å².